The normalized spacial score (nSPS) is 15.2. The minimum atomic E-state index is -0.474. The van der Waals surface area contributed by atoms with Gasteiger partial charge in [-0.05, 0) is 24.6 Å². The van der Waals surface area contributed by atoms with Gasteiger partial charge in [-0.3, -0.25) is 9.89 Å². The van der Waals surface area contributed by atoms with Crippen molar-refractivity contribution < 1.29 is 9.53 Å². The largest absolute Gasteiger partial charge is 0.495 e. The highest BCUT2D eigenvalue weighted by molar-refractivity contribution is 6.08. The Morgan fingerprint density at radius 1 is 1.50 bits per heavy atom. The van der Waals surface area contributed by atoms with Crippen molar-refractivity contribution in [1.82, 2.24) is 15.5 Å². The van der Waals surface area contributed by atoms with Crippen LogP contribution in [-0.2, 0) is 0 Å². The molecular formula is C14H16N4O2. The zero-order valence-electron chi connectivity index (χ0n) is 11.2. The molecule has 0 atom stereocenters. The molecule has 0 radical (unpaired) electrons. The maximum absolute atomic E-state index is 11.6. The van der Waals surface area contributed by atoms with Crippen LogP contribution in [0.5, 0.6) is 5.75 Å². The second-order valence-electron chi connectivity index (χ2n) is 4.71. The number of nitrogens with two attached hydrogens (primary N) is 1. The Morgan fingerprint density at radius 2 is 2.35 bits per heavy atom. The highest BCUT2D eigenvalue weighted by atomic mass is 16.5. The van der Waals surface area contributed by atoms with Crippen molar-refractivity contribution in [3.63, 3.8) is 0 Å². The summed E-state index contributed by atoms with van der Waals surface area (Å²) in [5, 5.41) is 10.8. The fourth-order valence-electron chi connectivity index (χ4n) is 2.61. The number of primary amides is 1. The predicted molar refractivity (Wildman–Crippen MR) is 76.6 cm³/mol. The first-order valence-corrected chi connectivity index (χ1v) is 6.46. The molecular weight excluding hydrogens is 256 g/mol. The highest BCUT2D eigenvalue weighted by Gasteiger charge is 2.20. The summed E-state index contributed by atoms with van der Waals surface area (Å²) in [6.07, 6.45) is 4.65. The van der Waals surface area contributed by atoms with Crippen molar-refractivity contribution in [2.45, 2.75) is 6.42 Å². The minimum absolute atomic E-state index is 0.438. The first kappa shape index (κ1) is 12.7. The Balaban J connectivity index is 2.29. The molecule has 6 heteroatoms. The van der Waals surface area contributed by atoms with Crippen molar-refractivity contribution in [3.05, 3.63) is 29.5 Å². The number of carbonyl (C=O) groups excluding carboxylic acids is 1. The van der Waals surface area contributed by atoms with Crippen LogP contribution in [0.15, 0.2) is 18.3 Å². The molecule has 104 valence electrons. The second kappa shape index (κ2) is 4.97. The van der Waals surface area contributed by atoms with Crippen LogP contribution in [0, 0.1) is 0 Å². The van der Waals surface area contributed by atoms with E-state index in [0.29, 0.717) is 11.1 Å². The maximum atomic E-state index is 11.6. The zero-order chi connectivity index (χ0) is 14.1. The van der Waals surface area contributed by atoms with Gasteiger partial charge in [0, 0.05) is 12.1 Å². The lowest BCUT2D eigenvalue weighted by atomic mass is 9.95. The quantitative estimate of drug-likeness (QED) is 0.778. The van der Waals surface area contributed by atoms with E-state index in [9.17, 15) is 4.79 Å². The van der Waals surface area contributed by atoms with Crippen LogP contribution in [0.3, 0.4) is 0 Å². The monoisotopic (exact) mass is 272 g/mol. The number of methoxy groups -OCH3 is 1. The van der Waals surface area contributed by atoms with Gasteiger partial charge in [0.1, 0.15) is 5.75 Å². The van der Waals surface area contributed by atoms with Crippen molar-refractivity contribution in [2.24, 2.45) is 5.73 Å². The number of hydrogen-bond acceptors (Lipinski definition) is 4. The van der Waals surface area contributed by atoms with Crippen LogP contribution in [0.2, 0.25) is 0 Å². The topological polar surface area (TPSA) is 93.0 Å². The lowest BCUT2D eigenvalue weighted by Crippen LogP contribution is -2.20. The number of amides is 1. The third kappa shape index (κ3) is 1.94. The molecule has 2 heterocycles. The fourth-order valence-corrected chi connectivity index (χ4v) is 2.61. The molecule has 0 spiro atoms. The standard InChI is InChI=1S/C14H16N4O2/c1-20-13-9(8-2-4-16-5-3-8)6-10(14(15)19)12-11(13)7-17-18-12/h2,6-7,16H,3-5H2,1H3,(H2,15,19)(H,17,18). The summed E-state index contributed by atoms with van der Waals surface area (Å²) in [4.78, 5) is 11.6. The minimum Gasteiger partial charge on any atom is -0.495 e. The first-order valence-electron chi connectivity index (χ1n) is 6.46. The van der Waals surface area contributed by atoms with E-state index >= 15 is 0 Å². The van der Waals surface area contributed by atoms with Crippen LogP contribution in [-0.4, -0.2) is 36.3 Å². The Bertz CT molecular complexity index is 703. The summed E-state index contributed by atoms with van der Waals surface area (Å²) in [6, 6.07) is 1.79. The fraction of sp³-hybridized carbons (Fsp3) is 0.286. The lowest BCUT2D eigenvalue weighted by molar-refractivity contribution is 0.100. The summed E-state index contributed by atoms with van der Waals surface area (Å²) < 4.78 is 5.53. The Hall–Kier alpha value is -2.34. The molecule has 0 bridgehead atoms. The number of hydrogen-bond donors (Lipinski definition) is 3. The van der Waals surface area contributed by atoms with Gasteiger partial charge in [-0.25, -0.2) is 0 Å². The van der Waals surface area contributed by atoms with Gasteiger partial charge >= 0.3 is 0 Å². The van der Waals surface area contributed by atoms with E-state index in [-0.39, 0.29) is 0 Å². The van der Waals surface area contributed by atoms with Crippen LogP contribution >= 0.6 is 0 Å². The highest BCUT2D eigenvalue weighted by Crippen LogP contribution is 2.36. The number of ether oxygens (including phenoxy) is 1. The molecule has 0 unspecified atom stereocenters. The summed E-state index contributed by atoms with van der Waals surface area (Å²) in [7, 11) is 1.62. The van der Waals surface area contributed by atoms with E-state index in [1.807, 2.05) is 0 Å². The van der Waals surface area contributed by atoms with Gasteiger partial charge in [0.2, 0.25) is 0 Å². The van der Waals surface area contributed by atoms with Crippen molar-refractivity contribution in [2.75, 3.05) is 20.2 Å². The summed E-state index contributed by atoms with van der Waals surface area (Å²) >= 11 is 0. The second-order valence-corrected chi connectivity index (χ2v) is 4.71. The van der Waals surface area contributed by atoms with Gasteiger partial charge in [0.15, 0.2) is 0 Å². The molecule has 0 saturated heterocycles. The number of nitrogens with zero attached hydrogens (tertiary/aromatic N) is 1. The van der Waals surface area contributed by atoms with Gasteiger partial charge in [-0.1, -0.05) is 6.08 Å². The van der Waals surface area contributed by atoms with E-state index in [1.165, 1.54) is 0 Å². The average molecular weight is 272 g/mol. The summed E-state index contributed by atoms with van der Waals surface area (Å²) in [6.45, 7) is 1.72. The van der Waals surface area contributed by atoms with E-state index in [4.69, 9.17) is 10.5 Å². The Labute approximate surface area is 116 Å². The average Bonchev–Trinajstić information content (AvgIpc) is 2.95. The smallest absolute Gasteiger partial charge is 0.250 e. The SMILES string of the molecule is COc1c(C2=CCNCC2)cc(C(N)=O)c2[nH]ncc12. The maximum Gasteiger partial charge on any atom is 0.250 e. The summed E-state index contributed by atoms with van der Waals surface area (Å²) in [5.74, 6) is 0.254. The molecule has 1 aliphatic rings. The summed E-state index contributed by atoms with van der Waals surface area (Å²) in [5.41, 5.74) is 8.60. The molecule has 6 nitrogen and oxygen atoms in total. The van der Waals surface area contributed by atoms with Crippen molar-refractivity contribution in [3.8, 4) is 5.75 Å². The van der Waals surface area contributed by atoms with Crippen LogP contribution < -0.4 is 15.8 Å². The molecule has 1 aromatic carbocycles. The van der Waals surface area contributed by atoms with Gasteiger partial charge in [0.25, 0.3) is 5.91 Å². The zero-order valence-corrected chi connectivity index (χ0v) is 11.2. The number of aromatic nitrogens is 2. The molecule has 0 aliphatic carbocycles. The lowest BCUT2D eigenvalue weighted by Gasteiger charge is -2.18. The van der Waals surface area contributed by atoms with E-state index in [0.717, 1.165) is 41.8 Å². The van der Waals surface area contributed by atoms with Crippen molar-refractivity contribution >= 4 is 22.4 Å². The van der Waals surface area contributed by atoms with Gasteiger partial charge in [0.05, 0.1) is 29.8 Å². The third-order valence-corrected chi connectivity index (χ3v) is 3.57. The predicted octanol–water partition coefficient (Wildman–Crippen LogP) is 1.05. The number of H-pyrrole nitrogens is 1. The van der Waals surface area contributed by atoms with E-state index < -0.39 is 5.91 Å². The molecule has 3 rings (SSSR count). The number of rotatable bonds is 3. The van der Waals surface area contributed by atoms with E-state index in [1.54, 1.807) is 19.4 Å². The van der Waals surface area contributed by atoms with Gasteiger partial charge < -0.3 is 15.8 Å². The van der Waals surface area contributed by atoms with Crippen molar-refractivity contribution in [1.29, 1.82) is 0 Å². The number of benzene rings is 1. The number of aromatic amines is 1. The van der Waals surface area contributed by atoms with Crippen LogP contribution in [0.1, 0.15) is 22.3 Å². The molecule has 1 amide bonds. The molecule has 0 fully saturated rings. The molecule has 1 aromatic heterocycles. The van der Waals surface area contributed by atoms with Gasteiger partial charge in [-0.2, -0.15) is 5.10 Å². The van der Waals surface area contributed by atoms with Crippen LogP contribution in [0.4, 0.5) is 0 Å². The van der Waals surface area contributed by atoms with E-state index in [2.05, 4.69) is 21.6 Å². The number of fused-ring (bicyclic) bond motifs is 1. The Kier molecular flexibility index (Phi) is 3.15. The first-order chi connectivity index (χ1) is 9.72. The Morgan fingerprint density at radius 3 is 3.00 bits per heavy atom. The molecule has 0 saturated carbocycles. The third-order valence-electron chi connectivity index (χ3n) is 3.57. The molecule has 4 N–H and O–H groups in total. The number of carbonyl (C=O) groups is 1. The molecule has 20 heavy (non-hydrogen) atoms. The van der Waals surface area contributed by atoms with Gasteiger partial charge in [-0.15, -0.1) is 0 Å². The molecule has 2 aromatic rings. The number of nitrogens with one attached hydrogen (secondary N) is 2. The molecule has 1 aliphatic heterocycles. The van der Waals surface area contributed by atoms with Crippen LogP contribution in [0.25, 0.3) is 16.5 Å².